The molecule has 0 aromatic carbocycles. The lowest BCUT2D eigenvalue weighted by Crippen LogP contribution is -2.24. The van der Waals surface area contributed by atoms with Crippen molar-refractivity contribution in [2.24, 2.45) is 5.92 Å². The molecule has 1 aliphatic carbocycles. The minimum absolute atomic E-state index is 0.0739. The van der Waals surface area contributed by atoms with E-state index in [-0.39, 0.29) is 11.7 Å². The van der Waals surface area contributed by atoms with Gasteiger partial charge in [-0.3, -0.25) is 4.79 Å². The Morgan fingerprint density at radius 1 is 1.61 bits per heavy atom. The van der Waals surface area contributed by atoms with Crippen LogP contribution in [0.1, 0.15) is 23.8 Å². The van der Waals surface area contributed by atoms with Gasteiger partial charge in [0.1, 0.15) is 0 Å². The van der Waals surface area contributed by atoms with Gasteiger partial charge in [-0.15, -0.1) is 28.1 Å². The van der Waals surface area contributed by atoms with Gasteiger partial charge in [0.2, 0.25) is 5.91 Å². The lowest BCUT2D eigenvalue weighted by Gasteiger charge is -2.16. The number of hydrogen-bond acceptors (Lipinski definition) is 6. The molecule has 1 aliphatic rings. The Balaban J connectivity index is 1.63. The van der Waals surface area contributed by atoms with Crippen LogP contribution in [0.15, 0.2) is 28.4 Å². The molecule has 1 N–H and O–H groups in total. The fraction of sp³-hybridized carbons (Fsp3) is 0.438. The topological polar surface area (TPSA) is 68.0 Å². The normalized spacial score (nSPS) is 16.8. The zero-order valence-electron chi connectivity index (χ0n) is 13.0. The molecule has 0 aliphatic heterocycles. The average Bonchev–Trinajstić information content (AvgIpc) is 3.16. The van der Waals surface area contributed by atoms with E-state index in [1.807, 2.05) is 0 Å². The molecular weight excluding hydrogens is 330 g/mol. The van der Waals surface area contributed by atoms with Crippen LogP contribution in [0.2, 0.25) is 0 Å². The summed E-state index contributed by atoms with van der Waals surface area (Å²) in [6.07, 6.45) is 5.16. The first-order valence-electron chi connectivity index (χ1n) is 7.61. The maximum absolute atomic E-state index is 11.5. The fourth-order valence-corrected chi connectivity index (χ4v) is 4.27. The second kappa shape index (κ2) is 7.31. The number of nitrogens with zero attached hydrogens (tertiary/aromatic N) is 2. The van der Waals surface area contributed by atoms with Crippen molar-refractivity contribution in [3.8, 4) is 10.8 Å². The minimum atomic E-state index is -0.0739. The van der Waals surface area contributed by atoms with Gasteiger partial charge in [-0.2, -0.15) is 0 Å². The number of nitrogens with one attached hydrogen (secondary N) is 1. The van der Waals surface area contributed by atoms with E-state index in [0.717, 1.165) is 23.6 Å². The van der Waals surface area contributed by atoms with Crippen molar-refractivity contribution in [2.75, 3.05) is 12.3 Å². The van der Waals surface area contributed by atoms with Crippen LogP contribution in [-0.4, -0.2) is 28.4 Å². The van der Waals surface area contributed by atoms with Crippen LogP contribution < -0.4 is 5.32 Å². The molecule has 0 saturated heterocycles. The average molecular weight is 349 g/mol. The second-order valence-electron chi connectivity index (χ2n) is 5.66. The smallest absolute Gasteiger partial charge is 0.277 e. The van der Waals surface area contributed by atoms with Gasteiger partial charge in [0.15, 0.2) is 0 Å². The summed E-state index contributed by atoms with van der Waals surface area (Å²) in [5, 5.41) is 11.3. The first-order chi connectivity index (χ1) is 11.2. The molecule has 0 unspecified atom stereocenters. The van der Waals surface area contributed by atoms with E-state index in [0.29, 0.717) is 17.7 Å². The predicted octanol–water partition coefficient (Wildman–Crippen LogP) is 3.32. The van der Waals surface area contributed by atoms with Crippen LogP contribution in [0, 0.1) is 5.92 Å². The van der Waals surface area contributed by atoms with Gasteiger partial charge in [0.05, 0.1) is 10.6 Å². The first-order valence-corrected chi connectivity index (χ1v) is 9.41. The molecule has 0 fully saturated rings. The third-order valence-corrected chi connectivity index (χ3v) is 5.76. The number of thiophene rings is 1. The summed E-state index contributed by atoms with van der Waals surface area (Å²) in [4.78, 5) is 14.0. The maximum Gasteiger partial charge on any atom is 0.277 e. The molecule has 5 nitrogen and oxygen atoms in total. The van der Waals surface area contributed by atoms with Crippen molar-refractivity contribution < 1.29 is 9.21 Å². The van der Waals surface area contributed by atoms with E-state index in [1.54, 1.807) is 17.4 Å². The zero-order valence-corrected chi connectivity index (χ0v) is 14.6. The molecule has 0 bridgehead atoms. The number of carbonyl (C=O) groups is 1. The highest BCUT2D eigenvalue weighted by Crippen LogP contribution is 2.37. The van der Waals surface area contributed by atoms with E-state index in [2.05, 4.69) is 35.1 Å². The van der Waals surface area contributed by atoms with E-state index in [1.165, 1.54) is 28.6 Å². The zero-order chi connectivity index (χ0) is 16.2. The molecule has 3 rings (SSSR count). The molecule has 122 valence electrons. The Bertz CT molecular complexity index is 708. The predicted molar refractivity (Wildman–Crippen MR) is 92.7 cm³/mol. The third kappa shape index (κ3) is 4.03. The number of carbonyl (C=O) groups excluding carboxylic acids is 1. The summed E-state index contributed by atoms with van der Waals surface area (Å²) < 4.78 is 5.68. The summed E-state index contributed by atoms with van der Waals surface area (Å²) >= 11 is 2.99. The number of amides is 1. The Labute approximate surface area is 143 Å². The summed E-state index contributed by atoms with van der Waals surface area (Å²) in [6, 6.07) is 2.18. The van der Waals surface area contributed by atoms with Gasteiger partial charge in [-0.05, 0) is 36.8 Å². The van der Waals surface area contributed by atoms with E-state index in [4.69, 9.17) is 4.42 Å². The van der Waals surface area contributed by atoms with Crippen molar-refractivity contribution in [3.05, 3.63) is 29.2 Å². The summed E-state index contributed by atoms with van der Waals surface area (Å²) in [6.45, 7) is 6.32. The van der Waals surface area contributed by atoms with Crippen molar-refractivity contribution in [1.29, 1.82) is 0 Å². The highest BCUT2D eigenvalue weighted by Gasteiger charge is 2.21. The number of hydrogen-bond donors (Lipinski definition) is 1. The van der Waals surface area contributed by atoms with Gasteiger partial charge < -0.3 is 9.73 Å². The Kier molecular flexibility index (Phi) is 5.17. The van der Waals surface area contributed by atoms with Crippen LogP contribution in [0.4, 0.5) is 0 Å². The standard InChI is InChI=1S/C16H19N3O2S2/c1-3-6-17-14(20)9-22-16-19-18-15(21-16)13-8-11-7-10(2)4-5-12(11)23-13/h3,8,10H,1,4-7,9H2,2H3,(H,17,20)/t10-/m1/s1. The molecule has 2 aromatic heterocycles. The largest absolute Gasteiger partial charge is 0.410 e. The van der Waals surface area contributed by atoms with Gasteiger partial charge >= 0.3 is 0 Å². The number of aryl methyl sites for hydroxylation is 1. The van der Waals surface area contributed by atoms with E-state index >= 15 is 0 Å². The Hall–Kier alpha value is -1.60. The third-order valence-electron chi connectivity index (χ3n) is 3.72. The van der Waals surface area contributed by atoms with Crippen LogP contribution in [0.25, 0.3) is 10.8 Å². The molecule has 0 radical (unpaired) electrons. The van der Waals surface area contributed by atoms with Crippen LogP contribution in [0.5, 0.6) is 0 Å². The highest BCUT2D eigenvalue weighted by atomic mass is 32.2. The molecule has 2 heterocycles. The molecule has 0 spiro atoms. The van der Waals surface area contributed by atoms with Gasteiger partial charge in [0, 0.05) is 11.4 Å². The quantitative estimate of drug-likeness (QED) is 0.640. The van der Waals surface area contributed by atoms with Crippen LogP contribution in [-0.2, 0) is 17.6 Å². The van der Waals surface area contributed by atoms with Crippen LogP contribution >= 0.6 is 23.1 Å². The van der Waals surface area contributed by atoms with Gasteiger partial charge in [-0.1, -0.05) is 24.8 Å². The number of aromatic nitrogens is 2. The Morgan fingerprint density at radius 3 is 3.30 bits per heavy atom. The summed E-state index contributed by atoms with van der Waals surface area (Å²) in [7, 11) is 0. The van der Waals surface area contributed by atoms with Gasteiger partial charge in [-0.25, -0.2) is 0 Å². The molecule has 7 heteroatoms. The fourth-order valence-electron chi connectivity index (χ4n) is 2.54. The minimum Gasteiger partial charge on any atom is -0.410 e. The van der Waals surface area contributed by atoms with Crippen molar-refractivity contribution in [3.63, 3.8) is 0 Å². The molecule has 23 heavy (non-hydrogen) atoms. The highest BCUT2D eigenvalue weighted by molar-refractivity contribution is 7.99. The SMILES string of the molecule is C=CCNC(=O)CSc1nnc(-c2cc3c(s2)CC[C@@H](C)C3)o1. The molecule has 1 amide bonds. The number of thioether (sulfide) groups is 1. The maximum atomic E-state index is 11.5. The van der Waals surface area contributed by atoms with E-state index < -0.39 is 0 Å². The number of rotatable bonds is 6. The molecular formula is C16H19N3O2S2. The monoisotopic (exact) mass is 349 g/mol. The lowest BCUT2D eigenvalue weighted by atomic mass is 9.90. The van der Waals surface area contributed by atoms with Gasteiger partial charge in [0.25, 0.3) is 11.1 Å². The first kappa shape index (κ1) is 16.3. The number of fused-ring (bicyclic) bond motifs is 1. The summed E-state index contributed by atoms with van der Waals surface area (Å²) in [5.41, 5.74) is 1.42. The van der Waals surface area contributed by atoms with Crippen LogP contribution in [0.3, 0.4) is 0 Å². The molecule has 2 aromatic rings. The van der Waals surface area contributed by atoms with Crippen molar-refractivity contribution in [2.45, 2.75) is 31.4 Å². The molecule has 1 atom stereocenters. The lowest BCUT2D eigenvalue weighted by molar-refractivity contribution is -0.118. The van der Waals surface area contributed by atoms with E-state index in [9.17, 15) is 4.79 Å². The van der Waals surface area contributed by atoms with Crippen molar-refractivity contribution in [1.82, 2.24) is 15.5 Å². The second-order valence-corrected chi connectivity index (χ2v) is 7.72. The Morgan fingerprint density at radius 2 is 2.48 bits per heavy atom. The summed E-state index contributed by atoms with van der Waals surface area (Å²) in [5.74, 6) is 1.47. The van der Waals surface area contributed by atoms with Crippen molar-refractivity contribution >= 4 is 29.0 Å². The molecule has 0 saturated carbocycles.